The highest BCUT2D eigenvalue weighted by Crippen LogP contribution is 2.41. The Morgan fingerprint density at radius 2 is 1.43 bits per heavy atom. The highest BCUT2D eigenvalue weighted by atomic mass is 35.5. The lowest BCUT2D eigenvalue weighted by Crippen LogP contribution is -2.42. The number of fused-ring (bicyclic) bond motifs is 7. The topological polar surface area (TPSA) is 154 Å². The van der Waals surface area contributed by atoms with Gasteiger partial charge in [-0.25, -0.2) is 19.9 Å². The fraction of sp³-hybridized carbons (Fsp3) is 0.486. The highest BCUT2D eigenvalue weighted by Gasteiger charge is 2.38. The zero-order valence-corrected chi connectivity index (χ0v) is 30.7. The molecule has 51 heavy (non-hydrogen) atoms. The summed E-state index contributed by atoms with van der Waals surface area (Å²) in [5, 5.41) is 5.93. The van der Waals surface area contributed by atoms with E-state index in [1.807, 2.05) is 20.1 Å². The SMILES string of the molecule is COCC1(OC)CCc2[nH]c3ncnc(Cl)c3c2C1.COCC1(OC)CCc2[nH]c3ncnc(Nc4cc5c(cc4OC(C)C)CN=C5)c3c2C1. The molecule has 3 aliphatic rings. The van der Waals surface area contributed by atoms with Crippen LogP contribution in [-0.2, 0) is 51.2 Å². The van der Waals surface area contributed by atoms with E-state index >= 15 is 0 Å². The Kier molecular flexibility index (Phi) is 10.0. The Morgan fingerprint density at radius 1 is 0.824 bits per heavy atom. The van der Waals surface area contributed by atoms with Crippen molar-refractivity contribution in [3.63, 3.8) is 0 Å². The first-order chi connectivity index (χ1) is 24.7. The summed E-state index contributed by atoms with van der Waals surface area (Å²) in [5.74, 6) is 1.55. The van der Waals surface area contributed by atoms with Gasteiger partial charge in [0, 0.05) is 58.9 Å². The molecule has 8 rings (SSSR count). The van der Waals surface area contributed by atoms with Crippen molar-refractivity contribution >= 4 is 51.4 Å². The maximum absolute atomic E-state index is 6.21. The number of ether oxygens (including phenoxy) is 5. The number of rotatable bonds is 10. The fourth-order valence-corrected chi connectivity index (χ4v) is 7.87. The Balaban J connectivity index is 0.000000182. The van der Waals surface area contributed by atoms with Crippen molar-refractivity contribution in [3.05, 3.63) is 63.6 Å². The maximum atomic E-state index is 6.21. The van der Waals surface area contributed by atoms with E-state index in [1.54, 1.807) is 34.8 Å². The fourth-order valence-electron chi connectivity index (χ4n) is 7.62. The van der Waals surface area contributed by atoms with Gasteiger partial charge in [-0.3, -0.25) is 4.99 Å². The van der Waals surface area contributed by atoms with Crippen molar-refractivity contribution in [2.24, 2.45) is 4.99 Å². The van der Waals surface area contributed by atoms with Gasteiger partial charge in [0.1, 0.15) is 40.7 Å². The number of aromatic nitrogens is 6. The van der Waals surface area contributed by atoms with Crippen LogP contribution in [0.3, 0.4) is 0 Å². The van der Waals surface area contributed by atoms with Gasteiger partial charge in [-0.15, -0.1) is 0 Å². The van der Waals surface area contributed by atoms with Crippen LogP contribution >= 0.6 is 11.6 Å². The van der Waals surface area contributed by atoms with Crippen LogP contribution in [0.4, 0.5) is 11.5 Å². The van der Waals surface area contributed by atoms with Crippen LogP contribution in [0.1, 0.15) is 60.3 Å². The zero-order valence-electron chi connectivity index (χ0n) is 30.0. The summed E-state index contributed by atoms with van der Waals surface area (Å²) >= 11 is 6.21. The van der Waals surface area contributed by atoms with Crippen molar-refractivity contribution in [2.45, 2.75) is 76.2 Å². The first kappa shape index (κ1) is 35.3. The van der Waals surface area contributed by atoms with Crippen molar-refractivity contribution in [2.75, 3.05) is 47.0 Å². The molecular weight excluding hydrogens is 672 g/mol. The number of hydrogen-bond donors (Lipinski definition) is 3. The van der Waals surface area contributed by atoms with E-state index in [1.165, 1.54) is 28.8 Å². The Hall–Kier alpha value is -4.14. The molecule has 4 aromatic heterocycles. The second-order valence-corrected chi connectivity index (χ2v) is 14.2. The third kappa shape index (κ3) is 6.81. The van der Waals surface area contributed by atoms with Crippen LogP contribution in [0.25, 0.3) is 22.1 Å². The normalized spacial score (nSPS) is 20.6. The first-order valence-electron chi connectivity index (χ1n) is 17.2. The minimum absolute atomic E-state index is 0.0534. The summed E-state index contributed by atoms with van der Waals surface area (Å²) in [7, 11) is 6.91. The summed E-state index contributed by atoms with van der Waals surface area (Å²) in [6.45, 7) is 5.85. The van der Waals surface area contributed by atoms with E-state index in [4.69, 9.17) is 35.3 Å². The lowest BCUT2D eigenvalue weighted by Gasteiger charge is -2.35. The average molecular weight is 717 g/mol. The Morgan fingerprint density at radius 3 is 2.04 bits per heavy atom. The molecule has 1 aliphatic heterocycles. The zero-order chi connectivity index (χ0) is 35.8. The number of H-pyrrole nitrogens is 2. The van der Waals surface area contributed by atoms with E-state index in [0.717, 1.165) is 89.0 Å². The molecule has 2 aliphatic carbocycles. The highest BCUT2D eigenvalue weighted by molar-refractivity contribution is 6.34. The molecule has 3 N–H and O–H groups in total. The van der Waals surface area contributed by atoms with Crippen LogP contribution in [-0.4, -0.2) is 95.1 Å². The summed E-state index contributed by atoms with van der Waals surface area (Å²) in [4.78, 5) is 28.7. The molecule has 0 radical (unpaired) electrons. The third-order valence-electron chi connectivity index (χ3n) is 10.2. The number of nitrogens with zero attached hydrogens (tertiary/aromatic N) is 5. The van der Waals surface area contributed by atoms with Gasteiger partial charge in [0.2, 0.25) is 0 Å². The molecule has 1 aromatic carbocycles. The molecule has 0 bridgehead atoms. The van der Waals surface area contributed by atoms with Gasteiger partial charge < -0.3 is 39.0 Å². The third-order valence-corrected chi connectivity index (χ3v) is 10.5. The Labute approximate surface area is 301 Å². The standard InChI is InChI=1S/C24H29N5O3.C13H16ClN3O2/c1-14(2)32-20-8-16-11-25-10-15(16)7-19(20)29-23-21-17-9-24(31-4,12-30-3)6-5-18(17)28-22(21)26-13-27-23;1-18-6-13(19-2)4-3-9-8(5-13)10-11(14)15-7-16-12(10)17-9/h7-8,10,13-14H,5-6,9,11-12H2,1-4H3,(H2,26,27,28,29);7H,3-6H2,1-2H3,(H,15,16,17). The van der Waals surface area contributed by atoms with Crippen molar-refractivity contribution in [1.29, 1.82) is 0 Å². The number of halogens is 1. The molecular formula is C37H45ClN8O5. The van der Waals surface area contributed by atoms with E-state index in [9.17, 15) is 0 Å². The number of aliphatic imine (C=N–C) groups is 1. The number of methoxy groups -OCH3 is 4. The molecule has 270 valence electrons. The van der Waals surface area contributed by atoms with Gasteiger partial charge in [-0.2, -0.15) is 0 Å². The van der Waals surface area contributed by atoms with Crippen LogP contribution in [0, 0.1) is 0 Å². The summed E-state index contributed by atoms with van der Waals surface area (Å²) in [5.41, 5.74) is 8.84. The first-order valence-corrected chi connectivity index (χ1v) is 17.6. The lowest BCUT2D eigenvalue weighted by atomic mass is 9.83. The maximum Gasteiger partial charge on any atom is 0.143 e. The minimum Gasteiger partial charge on any atom is -0.489 e. The quantitative estimate of drug-likeness (QED) is 0.145. The molecule has 0 spiro atoms. The molecule has 0 fully saturated rings. The number of anilines is 2. The van der Waals surface area contributed by atoms with Gasteiger partial charge in [0.25, 0.3) is 0 Å². The average Bonchev–Trinajstić information content (AvgIpc) is 3.84. The number of aryl methyl sites for hydroxylation is 2. The van der Waals surface area contributed by atoms with Crippen molar-refractivity contribution < 1.29 is 23.7 Å². The number of aromatic amines is 2. The second kappa shape index (κ2) is 14.5. The number of hydrogen-bond acceptors (Lipinski definition) is 11. The smallest absolute Gasteiger partial charge is 0.143 e. The van der Waals surface area contributed by atoms with Crippen LogP contribution < -0.4 is 10.1 Å². The van der Waals surface area contributed by atoms with E-state index in [-0.39, 0.29) is 17.3 Å². The van der Waals surface area contributed by atoms with Crippen molar-refractivity contribution in [3.8, 4) is 5.75 Å². The van der Waals surface area contributed by atoms with Gasteiger partial charge in [-0.05, 0) is 73.9 Å². The predicted molar refractivity (Wildman–Crippen MR) is 197 cm³/mol. The lowest BCUT2D eigenvalue weighted by molar-refractivity contribution is -0.0722. The van der Waals surface area contributed by atoms with Gasteiger partial charge >= 0.3 is 0 Å². The molecule has 0 saturated carbocycles. The molecule has 14 heteroatoms. The minimum atomic E-state index is -0.347. The number of nitrogens with one attached hydrogen (secondary N) is 3. The second-order valence-electron chi connectivity index (χ2n) is 13.8. The van der Waals surface area contributed by atoms with Gasteiger partial charge in [0.05, 0.1) is 53.5 Å². The summed E-state index contributed by atoms with van der Waals surface area (Å²) in [6, 6.07) is 4.16. The molecule has 2 unspecified atom stereocenters. The monoisotopic (exact) mass is 716 g/mol. The molecule has 13 nitrogen and oxygen atoms in total. The van der Waals surface area contributed by atoms with E-state index in [2.05, 4.69) is 52.3 Å². The molecule has 0 saturated heterocycles. The van der Waals surface area contributed by atoms with E-state index < -0.39 is 0 Å². The largest absolute Gasteiger partial charge is 0.489 e. The van der Waals surface area contributed by atoms with Crippen LogP contribution in [0.15, 0.2) is 29.8 Å². The predicted octanol–water partition coefficient (Wildman–Crippen LogP) is 6.07. The number of benzene rings is 1. The molecule has 0 amide bonds. The molecule has 5 heterocycles. The van der Waals surface area contributed by atoms with Gasteiger partial charge in [0.15, 0.2) is 0 Å². The van der Waals surface area contributed by atoms with Crippen molar-refractivity contribution in [1.82, 2.24) is 29.9 Å². The summed E-state index contributed by atoms with van der Waals surface area (Å²) in [6.07, 6.45) is 10.1. The van der Waals surface area contributed by atoms with Crippen LogP contribution in [0.2, 0.25) is 5.15 Å². The molecule has 2 atom stereocenters. The van der Waals surface area contributed by atoms with Crippen LogP contribution in [0.5, 0.6) is 5.75 Å². The van der Waals surface area contributed by atoms with Gasteiger partial charge in [-0.1, -0.05) is 11.6 Å². The van der Waals surface area contributed by atoms with E-state index in [0.29, 0.717) is 24.9 Å². The Bertz CT molecular complexity index is 2080. The molecule has 5 aromatic rings. The summed E-state index contributed by atoms with van der Waals surface area (Å²) < 4.78 is 28.6.